The predicted molar refractivity (Wildman–Crippen MR) is 99.5 cm³/mol. The molecule has 0 bridgehead atoms. The topological polar surface area (TPSA) is 49.8 Å². The van der Waals surface area contributed by atoms with E-state index in [4.69, 9.17) is 9.84 Å². The minimum Gasteiger partial charge on any atom is -0.489 e. The van der Waals surface area contributed by atoms with Crippen molar-refractivity contribution in [3.63, 3.8) is 0 Å². The van der Waals surface area contributed by atoms with Crippen LogP contribution in [0.1, 0.15) is 24.0 Å². The van der Waals surface area contributed by atoms with E-state index in [-0.39, 0.29) is 19.4 Å². The Hall–Kier alpha value is -2.70. The quantitative estimate of drug-likeness (QED) is 0.766. The average Bonchev–Trinajstić information content (AvgIpc) is 3.05. The molecule has 28 heavy (non-hydrogen) atoms. The molecule has 1 heterocycles. The molecule has 0 amide bonds. The lowest BCUT2D eigenvalue weighted by molar-refractivity contribution is -0.169. The van der Waals surface area contributed by atoms with E-state index in [1.807, 2.05) is 31.2 Å². The minimum atomic E-state index is -4.33. The smallest absolute Gasteiger partial charge is 0.393 e. The summed E-state index contributed by atoms with van der Waals surface area (Å²) in [6.45, 7) is 2.16. The van der Waals surface area contributed by atoms with Crippen LogP contribution in [0.3, 0.4) is 0 Å². The van der Waals surface area contributed by atoms with Gasteiger partial charge in [-0.05, 0) is 48.7 Å². The summed E-state index contributed by atoms with van der Waals surface area (Å²) in [5.41, 5.74) is 2.74. The van der Waals surface area contributed by atoms with E-state index in [0.29, 0.717) is 18.0 Å². The molecule has 1 fully saturated rings. The molecule has 0 spiro atoms. The van der Waals surface area contributed by atoms with Crippen molar-refractivity contribution in [1.82, 2.24) is 0 Å². The van der Waals surface area contributed by atoms with Crippen LogP contribution in [0, 0.1) is 12.8 Å². The van der Waals surface area contributed by atoms with Gasteiger partial charge in [-0.25, -0.2) is 0 Å². The van der Waals surface area contributed by atoms with Gasteiger partial charge in [0, 0.05) is 18.3 Å². The average molecular weight is 393 g/mol. The van der Waals surface area contributed by atoms with Crippen LogP contribution in [0.2, 0.25) is 0 Å². The second kappa shape index (κ2) is 8.12. The molecule has 4 nitrogen and oxygen atoms in total. The molecule has 2 aromatic carbocycles. The predicted octanol–water partition coefficient (Wildman–Crippen LogP) is 4.81. The van der Waals surface area contributed by atoms with Crippen molar-refractivity contribution in [3.05, 3.63) is 59.7 Å². The number of carboxylic acid groups (broad SMARTS) is 1. The number of hydrogen-bond donors (Lipinski definition) is 1. The highest BCUT2D eigenvalue weighted by Crippen LogP contribution is 2.40. The van der Waals surface area contributed by atoms with Crippen LogP contribution < -0.4 is 9.64 Å². The van der Waals surface area contributed by atoms with Crippen molar-refractivity contribution in [3.8, 4) is 5.75 Å². The highest BCUT2D eigenvalue weighted by Gasteiger charge is 2.47. The highest BCUT2D eigenvalue weighted by atomic mass is 19.4. The Bertz CT molecular complexity index is 820. The normalized spacial score (nSPS) is 19.6. The molecule has 1 aliphatic rings. The number of ether oxygens (including phenoxy) is 1. The largest absolute Gasteiger partial charge is 0.489 e. The fraction of sp³-hybridized carbons (Fsp3) is 0.381. The molecule has 2 atom stereocenters. The number of carboxylic acids is 1. The lowest BCUT2D eigenvalue weighted by atomic mass is 10.0. The van der Waals surface area contributed by atoms with Gasteiger partial charge in [0.15, 0.2) is 0 Å². The summed E-state index contributed by atoms with van der Waals surface area (Å²) in [4.78, 5) is 12.6. The molecule has 1 saturated heterocycles. The monoisotopic (exact) mass is 393 g/mol. The van der Waals surface area contributed by atoms with E-state index < -0.39 is 24.1 Å². The number of carbonyl (C=O) groups is 1. The Morgan fingerprint density at radius 2 is 1.86 bits per heavy atom. The molecule has 3 rings (SSSR count). The fourth-order valence-electron chi connectivity index (χ4n) is 3.53. The molecule has 2 aromatic rings. The first-order valence-corrected chi connectivity index (χ1v) is 9.06. The van der Waals surface area contributed by atoms with Gasteiger partial charge < -0.3 is 14.7 Å². The number of rotatable bonds is 6. The number of nitrogens with zero attached hydrogens (tertiary/aromatic N) is 1. The van der Waals surface area contributed by atoms with Gasteiger partial charge in [-0.2, -0.15) is 13.2 Å². The summed E-state index contributed by atoms with van der Waals surface area (Å²) in [6.07, 6.45) is -4.86. The van der Waals surface area contributed by atoms with Gasteiger partial charge >= 0.3 is 12.1 Å². The molecule has 0 aliphatic carbocycles. The van der Waals surface area contributed by atoms with Gasteiger partial charge in [-0.15, -0.1) is 0 Å². The molecule has 0 unspecified atom stereocenters. The zero-order valence-corrected chi connectivity index (χ0v) is 15.4. The maximum absolute atomic E-state index is 13.1. The van der Waals surface area contributed by atoms with Gasteiger partial charge in [0.2, 0.25) is 0 Å². The maximum Gasteiger partial charge on any atom is 0.393 e. The van der Waals surface area contributed by atoms with Gasteiger partial charge in [0.05, 0.1) is 12.3 Å². The van der Waals surface area contributed by atoms with Gasteiger partial charge in [0.25, 0.3) is 0 Å². The first-order valence-electron chi connectivity index (χ1n) is 9.06. The maximum atomic E-state index is 13.1. The van der Waals surface area contributed by atoms with Crippen LogP contribution in [0.15, 0.2) is 48.5 Å². The summed E-state index contributed by atoms with van der Waals surface area (Å²) in [5, 5.41) is 9.04. The van der Waals surface area contributed by atoms with E-state index in [1.54, 1.807) is 24.3 Å². The molecule has 150 valence electrons. The Balaban J connectivity index is 1.70. The summed E-state index contributed by atoms with van der Waals surface area (Å²) < 4.78 is 45.1. The third-order valence-electron chi connectivity index (χ3n) is 5.11. The Morgan fingerprint density at radius 1 is 1.18 bits per heavy atom. The van der Waals surface area contributed by atoms with Crippen LogP contribution in [0.5, 0.6) is 5.75 Å². The summed E-state index contributed by atoms with van der Waals surface area (Å²) in [5.74, 6) is -2.02. The van der Waals surface area contributed by atoms with Crippen LogP contribution in [0.4, 0.5) is 18.9 Å². The molecule has 7 heteroatoms. The molecule has 1 aliphatic heterocycles. The number of alkyl halides is 3. The third-order valence-corrected chi connectivity index (χ3v) is 5.11. The van der Waals surface area contributed by atoms with Crippen molar-refractivity contribution in [1.29, 1.82) is 0 Å². The second-order valence-corrected chi connectivity index (χ2v) is 7.09. The standard InChI is InChI=1S/C21H22F3NO3/c1-14-4-2-3-5-15(14)13-28-19-8-6-17(7-9-19)25-12-16(21(22,23)24)10-18(25)11-20(26)27/h2-9,16,18H,10-13H2,1H3,(H,26,27)/t16-,18-/m0/s1. The minimum absolute atomic E-state index is 0.207. The van der Waals surface area contributed by atoms with Crippen molar-refractivity contribution in [2.75, 3.05) is 11.4 Å². The lowest BCUT2D eigenvalue weighted by Gasteiger charge is -2.26. The SMILES string of the molecule is Cc1ccccc1COc1ccc(N2C[C@@H](C(F)(F)F)C[C@H]2CC(=O)O)cc1. The Morgan fingerprint density at radius 3 is 2.46 bits per heavy atom. The van der Waals surface area contributed by atoms with E-state index >= 15 is 0 Å². The van der Waals surface area contributed by atoms with Gasteiger partial charge in [-0.1, -0.05) is 24.3 Å². The Kier molecular flexibility index (Phi) is 5.82. The first-order chi connectivity index (χ1) is 13.2. The van der Waals surface area contributed by atoms with Crippen molar-refractivity contribution in [2.24, 2.45) is 5.92 Å². The lowest BCUT2D eigenvalue weighted by Crippen LogP contribution is -2.32. The van der Waals surface area contributed by atoms with Crippen LogP contribution in [-0.2, 0) is 11.4 Å². The molecule has 0 aromatic heterocycles. The van der Waals surface area contributed by atoms with E-state index in [1.165, 1.54) is 4.90 Å². The van der Waals surface area contributed by atoms with Gasteiger partial charge in [0.1, 0.15) is 12.4 Å². The Labute approximate surface area is 161 Å². The third kappa shape index (κ3) is 4.77. The molecular formula is C21H22F3NO3. The number of aliphatic carboxylic acids is 1. The highest BCUT2D eigenvalue weighted by molar-refractivity contribution is 5.69. The molecular weight excluding hydrogens is 371 g/mol. The van der Waals surface area contributed by atoms with Crippen LogP contribution in [-0.4, -0.2) is 29.8 Å². The summed E-state index contributed by atoms with van der Waals surface area (Å²) >= 11 is 0. The van der Waals surface area contributed by atoms with Crippen LogP contribution in [0.25, 0.3) is 0 Å². The zero-order valence-electron chi connectivity index (χ0n) is 15.4. The van der Waals surface area contributed by atoms with Crippen molar-refractivity contribution < 1.29 is 27.8 Å². The first kappa shape index (κ1) is 20.0. The molecule has 1 N–H and O–H groups in total. The number of anilines is 1. The summed E-state index contributed by atoms with van der Waals surface area (Å²) in [6, 6.07) is 13.9. The fourth-order valence-corrected chi connectivity index (χ4v) is 3.53. The number of aryl methyl sites for hydroxylation is 1. The zero-order chi connectivity index (χ0) is 20.3. The van der Waals surface area contributed by atoms with Crippen molar-refractivity contribution >= 4 is 11.7 Å². The number of halogens is 3. The van der Waals surface area contributed by atoms with Crippen LogP contribution >= 0.6 is 0 Å². The van der Waals surface area contributed by atoms with Crippen molar-refractivity contribution in [2.45, 2.75) is 38.6 Å². The number of benzene rings is 2. The second-order valence-electron chi connectivity index (χ2n) is 7.09. The molecule has 0 radical (unpaired) electrons. The van der Waals surface area contributed by atoms with Gasteiger partial charge in [-0.3, -0.25) is 4.79 Å². The molecule has 0 saturated carbocycles. The van der Waals surface area contributed by atoms with E-state index in [9.17, 15) is 18.0 Å². The number of hydrogen-bond acceptors (Lipinski definition) is 3. The van der Waals surface area contributed by atoms with E-state index in [0.717, 1.165) is 11.1 Å². The van der Waals surface area contributed by atoms with E-state index in [2.05, 4.69) is 0 Å². The summed E-state index contributed by atoms with van der Waals surface area (Å²) in [7, 11) is 0.